The van der Waals surface area contributed by atoms with Crippen molar-refractivity contribution in [3.05, 3.63) is 22.6 Å². The Bertz CT molecular complexity index is 571. The van der Waals surface area contributed by atoms with Crippen molar-refractivity contribution in [2.45, 2.75) is 18.9 Å². The Kier molecular flexibility index (Phi) is 4.66. The summed E-state index contributed by atoms with van der Waals surface area (Å²) in [6.45, 7) is 0.227. The number of carbonyl (C=O) groups excluding carboxylic acids is 2. The Morgan fingerprint density at radius 1 is 1.48 bits per heavy atom. The zero-order valence-corrected chi connectivity index (χ0v) is 13.0. The number of carboxylic acid groups (broad SMARTS) is 1. The van der Waals surface area contributed by atoms with Crippen molar-refractivity contribution >= 4 is 33.7 Å². The highest BCUT2D eigenvalue weighted by molar-refractivity contribution is 9.10. The Balaban J connectivity index is 1.99. The highest BCUT2D eigenvalue weighted by Gasteiger charge is 2.34. The average molecular weight is 359 g/mol. The number of amides is 2. The van der Waals surface area contributed by atoms with Crippen molar-refractivity contribution in [3.8, 4) is 0 Å². The molecule has 1 N–H and O–H groups in total. The van der Waals surface area contributed by atoms with E-state index in [0.717, 1.165) is 0 Å². The standard InChI is InChI=1S/C13H15BrN2O5/c1-15(12(18)9-4-5-10(14)21-9)7-11(17)16-6-2-3-8(16)13(19)20/h4-5,8H,2-3,6-7H2,1H3,(H,19,20). The molecule has 0 aromatic carbocycles. The Morgan fingerprint density at radius 3 is 2.76 bits per heavy atom. The van der Waals surface area contributed by atoms with Crippen LogP contribution < -0.4 is 0 Å². The zero-order valence-electron chi connectivity index (χ0n) is 11.4. The van der Waals surface area contributed by atoms with Crippen LogP contribution in [0.1, 0.15) is 23.4 Å². The molecule has 1 aliphatic heterocycles. The van der Waals surface area contributed by atoms with E-state index >= 15 is 0 Å². The van der Waals surface area contributed by atoms with Gasteiger partial charge in [-0.3, -0.25) is 9.59 Å². The smallest absolute Gasteiger partial charge is 0.326 e. The van der Waals surface area contributed by atoms with E-state index in [1.165, 1.54) is 22.9 Å². The first kappa shape index (κ1) is 15.6. The first-order chi connectivity index (χ1) is 9.90. The third-order valence-electron chi connectivity index (χ3n) is 3.36. The van der Waals surface area contributed by atoms with Crippen LogP contribution in [-0.4, -0.2) is 58.9 Å². The van der Waals surface area contributed by atoms with E-state index in [9.17, 15) is 14.4 Å². The third kappa shape index (κ3) is 3.44. The predicted molar refractivity (Wildman–Crippen MR) is 75.7 cm³/mol. The van der Waals surface area contributed by atoms with Crippen molar-refractivity contribution in [1.29, 1.82) is 0 Å². The highest BCUT2D eigenvalue weighted by atomic mass is 79.9. The molecule has 7 nitrogen and oxygen atoms in total. The number of nitrogens with zero attached hydrogens (tertiary/aromatic N) is 2. The van der Waals surface area contributed by atoms with Crippen LogP contribution in [0, 0.1) is 0 Å². The van der Waals surface area contributed by atoms with Gasteiger partial charge < -0.3 is 19.3 Å². The van der Waals surface area contributed by atoms with Crippen LogP contribution in [-0.2, 0) is 9.59 Å². The molecule has 0 spiro atoms. The number of hydrogen-bond acceptors (Lipinski definition) is 4. The average Bonchev–Trinajstić information content (AvgIpc) is 3.05. The van der Waals surface area contributed by atoms with E-state index < -0.39 is 17.9 Å². The molecule has 1 aromatic rings. The molecule has 1 atom stereocenters. The molecule has 1 aliphatic rings. The summed E-state index contributed by atoms with van der Waals surface area (Å²) in [5.74, 6) is -1.69. The molecule has 0 aliphatic carbocycles. The number of halogens is 1. The maximum atomic E-state index is 12.1. The van der Waals surface area contributed by atoms with Gasteiger partial charge in [0, 0.05) is 13.6 Å². The van der Waals surface area contributed by atoms with E-state index in [1.54, 1.807) is 6.07 Å². The van der Waals surface area contributed by atoms with Gasteiger partial charge >= 0.3 is 5.97 Å². The molecule has 1 saturated heterocycles. The largest absolute Gasteiger partial charge is 0.480 e. The maximum absolute atomic E-state index is 12.1. The fourth-order valence-electron chi connectivity index (χ4n) is 2.30. The van der Waals surface area contributed by atoms with Crippen molar-refractivity contribution in [2.75, 3.05) is 20.1 Å². The predicted octanol–water partition coefficient (Wildman–Crippen LogP) is 1.19. The molecule has 2 rings (SSSR count). The van der Waals surface area contributed by atoms with Gasteiger partial charge in [-0.25, -0.2) is 4.79 Å². The molecule has 0 saturated carbocycles. The monoisotopic (exact) mass is 358 g/mol. The van der Waals surface area contributed by atoms with Crippen LogP contribution in [0.5, 0.6) is 0 Å². The Hall–Kier alpha value is -1.83. The van der Waals surface area contributed by atoms with Crippen LogP contribution in [0.15, 0.2) is 21.2 Å². The van der Waals surface area contributed by atoms with Crippen molar-refractivity contribution in [2.24, 2.45) is 0 Å². The summed E-state index contributed by atoms with van der Waals surface area (Å²) in [6, 6.07) is 2.30. The summed E-state index contributed by atoms with van der Waals surface area (Å²) < 4.78 is 5.57. The second kappa shape index (κ2) is 6.30. The molecule has 0 bridgehead atoms. The molecule has 2 amide bonds. The summed E-state index contributed by atoms with van der Waals surface area (Å²) in [4.78, 5) is 37.8. The van der Waals surface area contributed by atoms with Crippen molar-refractivity contribution < 1.29 is 23.9 Å². The minimum absolute atomic E-state index is 0.119. The molecule has 2 heterocycles. The van der Waals surface area contributed by atoms with Crippen LogP contribution in [0.25, 0.3) is 0 Å². The number of carbonyl (C=O) groups is 3. The summed E-state index contributed by atoms with van der Waals surface area (Å²) in [5, 5.41) is 9.06. The molecule has 8 heteroatoms. The molecular weight excluding hydrogens is 344 g/mol. The van der Waals surface area contributed by atoms with Crippen LogP contribution in [0.2, 0.25) is 0 Å². The fourth-order valence-corrected chi connectivity index (χ4v) is 2.61. The number of aliphatic carboxylic acids is 1. The number of likely N-dealkylation sites (N-methyl/N-ethyl adjacent to an activating group) is 1. The van der Waals surface area contributed by atoms with Crippen LogP contribution >= 0.6 is 15.9 Å². The van der Waals surface area contributed by atoms with Gasteiger partial charge in [0.25, 0.3) is 5.91 Å². The lowest BCUT2D eigenvalue weighted by molar-refractivity contribution is -0.148. The first-order valence-corrected chi connectivity index (χ1v) is 7.22. The second-order valence-electron chi connectivity index (χ2n) is 4.85. The summed E-state index contributed by atoms with van der Waals surface area (Å²) >= 11 is 3.10. The lowest BCUT2D eigenvalue weighted by Crippen LogP contribution is -2.45. The van der Waals surface area contributed by atoms with Gasteiger partial charge in [0.2, 0.25) is 5.91 Å². The number of furan rings is 1. The van der Waals surface area contributed by atoms with Crippen LogP contribution in [0.4, 0.5) is 0 Å². The Morgan fingerprint density at radius 2 is 2.19 bits per heavy atom. The summed E-state index contributed by atoms with van der Waals surface area (Å²) in [7, 11) is 1.47. The minimum atomic E-state index is -1.01. The van der Waals surface area contributed by atoms with Gasteiger partial charge in [0.05, 0.1) is 6.54 Å². The molecule has 1 unspecified atom stereocenters. The molecule has 114 valence electrons. The van der Waals surface area contributed by atoms with E-state index in [2.05, 4.69) is 15.9 Å². The first-order valence-electron chi connectivity index (χ1n) is 6.43. The maximum Gasteiger partial charge on any atom is 0.326 e. The highest BCUT2D eigenvalue weighted by Crippen LogP contribution is 2.19. The van der Waals surface area contributed by atoms with E-state index in [4.69, 9.17) is 9.52 Å². The fraction of sp³-hybridized carbons (Fsp3) is 0.462. The Labute approximate surface area is 129 Å². The van der Waals surface area contributed by atoms with E-state index in [1.807, 2.05) is 0 Å². The molecule has 1 aromatic heterocycles. The summed E-state index contributed by atoms with van der Waals surface area (Å²) in [6.07, 6.45) is 1.11. The van der Waals surface area contributed by atoms with Crippen molar-refractivity contribution in [1.82, 2.24) is 9.80 Å². The zero-order chi connectivity index (χ0) is 15.6. The van der Waals surface area contributed by atoms with Gasteiger partial charge in [0.1, 0.15) is 6.04 Å². The van der Waals surface area contributed by atoms with Gasteiger partial charge in [0.15, 0.2) is 10.4 Å². The topological polar surface area (TPSA) is 91.1 Å². The number of likely N-dealkylation sites (tertiary alicyclic amines) is 1. The number of carboxylic acids is 1. The van der Waals surface area contributed by atoms with Gasteiger partial charge in [-0.05, 0) is 40.9 Å². The van der Waals surface area contributed by atoms with Crippen molar-refractivity contribution in [3.63, 3.8) is 0 Å². The lowest BCUT2D eigenvalue weighted by Gasteiger charge is -2.24. The number of hydrogen-bond donors (Lipinski definition) is 1. The van der Waals surface area contributed by atoms with Gasteiger partial charge in [-0.15, -0.1) is 0 Å². The second-order valence-corrected chi connectivity index (χ2v) is 5.63. The number of rotatable bonds is 4. The quantitative estimate of drug-likeness (QED) is 0.872. The summed E-state index contributed by atoms with van der Waals surface area (Å²) in [5.41, 5.74) is 0. The van der Waals surface area contributed by atoms with Gasteiger partial charge in [-0.2, -0.15) is 0 Å². The van der Waals surface area contributed by atoms with E-state index in [0.29, 0.717) is 24.1 Å². The molecule has 1 fully saturated rings. The SMILES string of the molecule is CN(CC(=O)N1CCCC1C(=O)O)C(=O)c1ccc(Br)o1. The van der Waals surface area contributed by atoms with Gasteiger partial charge in [-0.1, -0.05) is 0 Å². The van der Waals surface area contributed by atoms with E-state index in [-0.39, 0.29) is 18.2 Å². The molecular formula is C13H15BrN2O5. The molecule has 21 heavy (non-hydrogen) atoms. The minimum Gasteiger partial charge on any atom is -0.480 e. The normalized spacial score (nSPS) is 17.8. The molecule has 0 radical (unpaired) electrons. The lowest BCUT2D eigenvalue weighted by atomic mass is 10.2. The third-order valence-corrected chi connectivity index (χ3v) is 3.79. The van der Waals surface area contributed by atoms with Crippen LogP contribution in [0.3, 0.4) is 0 Å².